The second-order valence-corrected chi connectivity index (χ2v) is 5.67. The summed E-state index contributed by atoms with van der Waals surface area (Å²) in [5, 5.41) is -0.0407. The molecule has 0 aromatic heterocycles. The summed E-state index contributed by atoms with van der Waals surface area (Å²) in [4.78, 5) is 10.0. The van der Waals surface area contributed by atoms with E-state index in [2.05, 4.69) is 0 Å². The lowest BCUT2D eigenvalue weighted by Gasteiger charge is -2.12. The van der Waals surface area contributed by atoms with E-state index in [1.807, 2.05) is 4.72 Å². The van der Waals surface area contributed by atoms with Gasteiger partial charge in [0, 0.05) is 5.02 Å². The fraction of sp³-hybridized carbons (Fsp3) is 0.222. The molecule has 1 aromatic carbocycles. The second-order valence-electron chi connectivity index (χ2n) is 3.55. The summed E-state index contributed by atoms with van der Waals surface area (Å²) in [7, 11) is -4.27. The van der Waals surface area contributed by atoms with Crippen molar-refractivity contribution in [2.75, 3.05) is 5.73 Å². The maximum Gasteiger partial charge on any atom is 0.244 e. The molecule has 100 valence electrons. The lowest BCUT2D eigenvalue weighted by molar-refractivity contribution is -0.119. The number of carbonyl (C=O) groups excluding carboxylic acids is 1. The molecule has 0 aliphatic heterocycles. The van der Waals surface area contributed by atoms with E-state index in [-0.39, 0.29) is 5.02 Å². The Morgan fingerprint density at radius 3 is 2.56 bits per heavy atom. The molecule has 9 heteroatoms. The molecule has 6 nitrogen and oxygen atoms in total. The van der Waals surface area contributed by atoms with Gasteiger partial charge in [-0.25, -0.2) is 12.8 Å². The van der Waals surface area contributed by atoms with Gasteiger partial charge in [-0.1, -0.05) is 11.6 Å². The van der Waals surface area contributed by atoms with Gasteiger partial charge in [0.25, 0.3) is 0 Å². The fourth-order valence-electron chi connectivity index (χ4n) is 1.13. The van der Waals surface area contributed by atoms with Crippen LogP contribution in [0.2, 0.25) is 5.02 Å². The quantitative estimate of drug-likeness (QED) is 0.689. The number of anilines is 1. The third-order valence-electron chi connectivity index (χ3n) is 2.08. The number of halogens is 2. The number of benzene rings is 1. The first-order chi connectivity index (χ1) is 8.15. The molecular formula is C9H11ClFN3O3S. The van der Waals surface area contributed by atoms with Crippen molar-refractivity contribution in [3.63, 3.8) is 0 Å². The molecule has 0 bridgehead atoms. The van der Waals surface area contributed by atoms with E-state index in [0.717, 1.165) is 12.1 Å². The number of carbonyl (C=O) groups is 1. The highest BCUT2D eigenvalue weighted by Gasteiger charge is 2.25. The van der Waals surface area contributed by atoms with Crippen molar-refractivity contribution in [2.45, 2.75) is 17.9 Å². The highest BCUT2D eigenvalue weighted by molar-refractivity contribution is 7.89. The van der Waals surface area contributed by atoms with E-state index >= 15 is 0 Å². The van der Waals surface area contributed by atoms with Gasteiger partial charge in [0.2, 0.25) is 15.9 Å². The highest BCUT2D eigenvalue weighted by atomic mass is 35.5. The zero-order valence-corrected chi connectivity index (χ0v) is 10.8. The molecule has 0 heterocycles. The molecule has 1 atom stereocenters. The Labute approximate surface area is 108 Å². The summed E-state index contributed by atoms with van der Waals surface area (Å²) in [5.41, 5.74) is 9.77. The molecule has 0 fully saturated rings. The molecule has 0 saturated heterocycles. The van der Waals surface area contributed by atoms with Crippen LogP contribution in [0.5, 0.6) is 0 Å². The monoisotopic (exact) mass is 295 g/mol. The van der Waals surface area contributed by atoms with E-state index in [0.29, 0.717) is 0 Å². The summed E-state index contributed by atoms with van der Waals surface area (Å²) in [5.74, 6) is -2.03. The minimum Gasteiger partial charge on any atom is -0.396 e. The van der Waals surface area contributed by atoms with Gasteiger partial charge in [0.15, 0.2) is 5.82 Å². The first kappa shape index (κ1) is 14.7. The van der Waals surface area contributed by atoms with Crippen LogP contribution in [-0.4, -0.2) is 20.4 Å². The lowest BCUT2D eigenvalue weighted by Crippen LogP contribution is -2.42. The third-order valence-corrected chi connectivity index (χ3v) is 3.84. The van der Waals surface area contributed by atoms with Crippen molar-refractivity contribution in [1.29, 1.82) is 0 Å². The number of nitrogens with two attached hydrogens (primary N) is 2. The number of nitrogens with one attached hydrogen (secondary N) is 1. The molecule has 18 heavy (non-hydrogen) atoms. The van der Waals surface area contributed by atoms with Gasteiger partial charge in [-0.05, 0) is 19.1 Å². The molecule has 1 aromatic rings. The van der Waals surface area contributed by atoms with Gasteiger partial charge in [-0.2, -0.15) is 4.72 Å². The molecule has 0 aliphatic rings. The topological polar surface area (TPSA) is 115 Å². The number of amides is 1. The minimum atomic E-state index is -4.27. The Balaban J connectivity index is 3.25. The summed E-state index contributed by atoms with van der Waals surface area (Å²) in [6.45, 7) is 1.23. The van der Waals surface area contributed by atoms with Crippen LogP contribution in [0.1, 0.15) is 6.92 Å². The molecule has 1 rings (SSSR count). The summed E-state index contributed by atoms with van der Waals surface area (Å²) >= 11 is 5.60. The van der Waals surface area contributed by atoms with Gasteiger partial charge in [-0.3, -0.25) is 4.79 Å². The molecule has 1 unspecified atom stereocenters. The predicted octanol–water partition coefficient (Wildman–Crippen LogP) is 0.213. The van der Waals surface area contributed by atoms with Crippen molar-refractivity contribution in [3.8, 4) is 0 Å². The van der Waals surface area contributed by atoms with Crippen LogP contribution in [0.25, 0.3) is 0 Å². The van der Waals surface area contributed by atoms with Crippen molar-refractivity contribution < 1.29 is 17.6 Å². The average molecular weight is 296 g/mol. The number of sulfonamides is 1. The molecule has 0 spiro atoms. The summed E-state index contributed by atoms with van der Waals surface area (Å²) in [6, 6.07) is 0.783. The van der Waals surface area contributed by atoms with Gasteiger partial charge in [-0.15, -0.1) is 0 Å². The molecule has 0 saturated carbocycles. The van der Waals surface area contributed by atoms with E-state index in [1.54, 1.807) is 0 Å². The number of hydrogen-bond donors (Lipinski definition) is 3. The SMILES string of the molecule is CC(NS(=O)(=O)c1cc(Cl)cc(N)c1F)C(N)=O. The van der Waals surface area contributed by atoms with Crippen LogP contribution < -0.4 is 16.2 Å². The van der Waals surface area contributed by atoms with Crippen LogP contribution in [0.3, 0.4) is 0 Å². The van der Waals surface area contributed by atoms with Crippen LogP contribution in [0, 0.1) is 5.82 Å². The van der Waals surface area contributed by atoms with Crippen LogP contribution in [0.15, 0.2) is 17.0 Å². The largest absolute Gasteiger partial charge is 0.396 e. The highest BCUT2D eigenvalue weighted by Crippen LogP contribution is 2.25. The van der Waals surface area contributed by atoms with Gasteiger partial charge >= 0.3 is 0 Å². The van der Waals surface area contributed by atoms with Crippen LogP contribution in [0.4, 0.5) is 10.1 Å². The van der Waals surface area contributed by atoms with E-state index in [9.17, 15) is 17.6 Å². The Hall–Kier alpha value is -1.38. The molecular weight excluding hydrogens is 285 g/mol. The number of primary amides is 1. The smallest absolute Gasteiger partial charge is 0.244 e. The van der Waals surface area contributed by atoms with Gasteiger partial charge in [0.1, 0.15) is 4.90 Å². The number of nitrogen functional groups attached to an aromatic ring is 1. The van der Waals surface area contributed by atoms with Crippen LogP contribution in [-0.2, 0) is 14.8 Å². The van der Waals surface area contributed by atoms with E-state index < -0.39 is 38.4 Å². The van der Waals surface area contributed by atoms with Crippen molar-refractivity contribution in [3.05, 3.63) is 23.0 Å². The standard InChI is InChI=1S/C9H11ClFN3O3S/c1-4(9(13)15)14-18(16,17)7-3-5(10)2-6(12)8(7)11/h2-4,14H,12H2,1H3,(H2,13,15). The molecule has 0 radical (unpaired) electrons. The maximum atomic E-state index is 13.6. The first-order valence-corrected chi connectivity index (χ1v) is 6.57. The Morgan fingerprint density at radius 2 is 2.06 bits per heavy atom. The Morgan fingerprint density at radius 1 is 1.50 bits per heavy atom. The fourth-order valence-corrected chi connectivity index (χ4v) is 2.77. The zero-order chi connectivity index (χ0) is 14.1. The molecule has 0 aliphatic carbocycles. The van der Waals surface area contributed by atoms with Crippen LogP contribution >= 0.6 is 11.6 Å². The number of hydrogen-bond acceptors (Lipinski definition) is 4. The zero-order valence-electron chi connectivity index (χ0n) is 9.28. The Bertz CT molecular complexity index is 591. The molecule has 1 amide bonds. The van der Waals surface area contributed by atoms with Gasteiger partial charge < -0.3 is 11.5 Å². The first-order valence-electron chi connectivity index (χ1n) is 4.71. The van der Waals surface area contributed by atoms with Gasteiger partial charge in [0.05, 0.1) is 11.7 Å². The second kappa shape index (κ2) is 5.09. The summed E-state index contributed by atoms with van der Waals surface area (Å²) < 4.78 is 39.1. The lowest BCUT2D eigenvalue weighted by atomic mass is 10.3. The molecule has 5 N–H and O–H groups in total. The third kappa shape index (κ3) is 3.09. The summed E-state index contributed by atoms with van der Waals surface area (Å²) in [6.07, 6.45) is 0. The van der Waals surface area contributed by atoms with Crippen molar-refractivity contribution in [1.82, 2.24) is 4.72 Å². The van der Waals surface area contributed by atoms with Crippen molar-refractivity contribution in [2.24, 2.45) is 5.73 Å². The average Bonchev–Trinajstić information content (AvgIpc) is 2.22. The van der Waals surface area contributed by atoms with E-state index in [4.69, 9.17) is 23.1 Å². The predicted molar refractivity (Wildman–Crippen MR) is 64.8 cm³/mol. The number of rotatable bonds is 4. The van der Waals surface area contributed by atoms with Crippen molar-refractivity contribution >= 4 is 33.2 Å². The van der Waals surface area contributed by atoms with E-state index in [1.165, 1.54) is 6.92 Å². The normalized spacial score (nSPS) is 13.3. The minimum absolute atomic E-state index is 0.0407. The maximum absolute atomic E-state index is 13.6. The Kier molecular flexibility index (Phi) is 4.15.